The number of rotatable bonds is 4. The van der Waals surface area contributed by atoms with Crippen LogP contribution in [0.5, 0.6) is 0 Å². The van der Waals surface area contributed by atoms with E-state index in [1.54, 1.807) is 0 Å². The molecule has 0 saturated carbocycles. The topological polar surface area (TPSA) is 26.3 Å². The third kappa shape index (κ3) is 3.84. The van der Waals surface area contributed by atoms with Crippen LogP contribution in [0.15, 0.2) is 0 Å². The highest BCUT2D eigenvalue weighted by molar-refractivity contribution is 5.76. The van der Waals surface area contributed by atoms with Gasteiger partial charge in [-0.05, 0) is 24.7 Å². The summed E-state index contributed by atoms with van der Waals surface area (Å²) in [7, 11) is 1.48. The molecule has 90 valence electrons. The summed E-state index contributed by atoms with van der Waals surface area (Å²) in [6.07, 6.45) is 1.86. The Bertz CT molecular complexity index is 215. The van der Waals surface area contributed by atoms with Gasteiger partial charge in [0.05, 0.1) is 12.5 Å². The van der Waals surface area contributed by atoms with Crippen molar-refractivity contribution in [3.63, 3.8) is 0 Å². The first-order chi connectivity index (χ1) is 6.67. The van der Waals surface area contributed by atoms with Gasteiger partial charge in [-0.15, -0.1) is 0 Å². The maximum Gasteiger partial charge on any atom is 0.311 e. The van der Waals surface area contributed by atoms with Gasteiger partial charge in [-0.3, -0.25) is 4.79 Å². The zero-order valence-corrected chi connectivity index (χ0v) is 11.3. The molecule has 0 aliphatic rings. The van der Waals surface area contributed by atoms with E-state index in [9.17, 15) is 4.79 Å². The molecule has 0 amide bonds. The van der Waals surface area contributed by atoms with Crippen LogP contribution in [0, 0.1) is 16.7 Å². The van der Waals surface area contributed by atoms with Crippen LogP contribution in [0.3, 0.4) is 0 Å². The average molecular weight is 214 g/mol. The first-order valence-electron chi connectivity index (χ1n) is 5.75. The molecule has 2 atom stereocenters. The molecular formula is C13H26O2. The molecule has 0 N–H and O–H groups in total. The number of methoxy groups -OCH3 is 1. The fourth-order valence-electron chi connectivity index (χ4n) is 2.23. The lowest BCUT2D eigenvalue weighted by Crippen LogP contribution is -2.38. The van der Waals surface area contributed by atoms with Crippen molar-refractivity contribution in [2.75, 3.05) is 7.11 Å². The Morgan fingerprint density at radius 2 is 1.73 bits per heavy atom. The second-order valence-electron chi connectivity index (χ2n) is 5.96. The second kappa shape index (κ2) is 5.00. The van der Waals surface area contributed by atoms with Gasteiger partial charge in [0, 0.05) is 0 Å². The van der Waals surface area contributed by atoms with E-state index >= 15 is 0 Å². The number of hydrogen-bond donors (Lipinski definition) is 0. The molecule has 15 heavy (non-hydrogen) atoms. The zero-order chi connectivity index (χ0) is 12.3. The number of ether oxygens (including phenoxy) is 1. The molecule has 0 aliphatic heterocycles. The molecule has 0 radical (unpaired) electrons. The third-order valence-electron chi connectivity index (χ3n) is 3.25. The predicted molar refractivity (Wildman–Crippen MR) is 63.7 cm³/mol. The van der Waals surface area contributed by atoms with Crippen LogP contribution in [0.1, 0.15) is 54.4 Å². The van der Waals surface area contributed by atoms with Gasteiger partial charge in [0.25, 0.3) is 0 Å². The number of carbonyl (C=O) groups excluding carboxylic acids is 1. The predicted octanol–water partition coefficient (Wildman–Crippen LogP) is 3.65. The van der Waals surface area contributed by atoms with E-state index in [2.05, 4.69) is 34.6 Å². The fourth-order valence-corrected chi connectivity index (χ4v) is 2.23. The van der Waals surface area contributed by atoms with Crippen molar-refractivity contribution in [1.29, 1.82) is 0 Å². The molecule has 0 aromatic heterocycles. The van der Waals surface area contributed by atoms with E-state index in [1.807, 2.05) is 6.92 Å². The van der Waals surface area contributed by atoms with Crippen LogP contribution in [0.4, 0.5) is 0 Å². The van der Waals surface area contributed by atoms with Gasteiger partial charge in [-0.25, -0.2) is 0 Å². The summed E-state index contributed by atoms with van der Waals surface area (Å²) in [6, 6.07) is 0. The largest absolute Gasteiger partial charge is 0.469 e. The van der Waals surface area contributed by atoms with E-state index in [0.717, 1.165) is 12.8 Å². The van der Waals surface area contributed by atoms with Gasteiger partial charge in [-0.1, -0.05) is 41.0 Å². The van der Waals surface area contributed by atoms with E-state index in [4.69, 9.17) is 4.74 Å². The minimum atomic E-state index is -0.359. The molecule has 0 rings (SSSR count). The third-order valence-corrected chi connectivity index (χ3v) is 3.25. The Hall–Kier alpha value is -0.530. The normalized spacial score (nSPS) is 18.1. The number of hydrogen-bond acceptors (Lipinski definition) is 2. The van der Waals surface area contributed by atoms with Crippen molar-refractivity contribution in [1.82, 2.24) is 0 Å². The maximum absolute atomic E-state index is 11.9. The lowest BCUT2D eigenvalue weighted by Gasteiger charge is -2.37. The van der Waals surface area contributed by atoms with Gasteiger partial charge < -0.3 is 4.74 Å². The highest BCUT2D eigenvalue weighted by atomic mass is 16.5. The van der Waals surface area contributed by atoms with Crippen LogP contribution in [-0.2, 0) is 9.53 Å². The summed E-state index contributed by atoms with van der Waals surface area (Å²) in [5.74, 6) is 0.274. The molecule has 0 aromatic rings. The second-order valence-corrected chi connectivity index (χ2v) is 5.96. The maximum atomic E-state index is 11.9. The average Bonchev–Trinajstić information content (AvgIpc) is 2.12. The Morgan fingerprint density at radius 3 is 2.00 bits per heavy atom. The van der Waals surface area contributed by atoms with Crippen molar-refractivity contribution in [3.8, 4) is 0 Å². The summed E-state index contributed by atoms with van der Waals surface area (Å²) in [5, 5.41) is 0. The summed E-state index contributed by atoms with van der Waals surface area (Å²) >= 11 is 0. The number of esters is 1. The van der Waals surface area contributed by atoms with Gasteiger partial charge in [0.1, 0.15) is 0 Å². The smallest absolute Gasteiger partial charge is 0.311 e. The summed E-state index contributed by atoms with van der Waals surface area (Å²) in [4.78, 5) is 11.9. The molecule has 0 aromatic carbocycles. The van der Waals surface area contributed by atoms with Crippen LogP contribution >= 0.6 is 0 Å². The minimum absolute atomic E-state index is 0.0771. The highest BCUT2D eigenvalue weighted by Gasteiger charge is 2.41. The summed E-state index contributed by atoms with van der Waals surface area (Å²) in [6.45, 7) is 12.8. The first-order valence-corrected chi connectivity index (χ1v) is 5.75. The molecular weight excluding hydrogens is 188 g/mol. The first kappa shape index (κ1) is 14.5. The van der Waals surface area contributed by atoms with Crippen LogP contribution in [0.25, 0.3) is 0 Å². The van der Waals surface area contributed by atoms with E-state index in [-0.39, 0.29) is 16.8 Å². The molecule has 0 spiro atoms. The van der Waals surface area contributed by atoms with Gasteiger partial charge in [-0.2, -0.15) is 0 Å². The molecule has 0 bridgehead atoms. The van der Waals surface area contributed by atoms with Gasteiger partial charge in [0.15, 0.2) is 0 Å². The Balaban J connectivity index is 4.94. The quantitative estimate of drug-likeness (QED) is 0.668. The summed E-state index contributed by atoms with van der Waals surface area (Å²) in [5.41, 5.74) is -0.214. The van der Waals surface area contributed by atoms with Gasteiger partial charge >= 0.3 is 5.97 Å². The van der Waals surface area contributed by atoms with Crippen molar-refractivity contribution in [2.45, 2.75) is 54.4 Å². The standard InChI is InChI=1S/C13H26O2/c1-8-10(2)13(6,11(14)15-7)9-12(3,4)5/h10H,8-9H2,1-7H3. The zero-order valence-electron chi connectivity index (χ0n) is 11.3. The van der Waals surface area contributed by atoms with Crippen LogP contribution < -0.4 is 0 Å². The molecule has 2 unspecified atom stereocenters. The lowest BCUT2D eigenvalue weighted by atomic mass is 9.67. The van der Waals surface area contributed by atoms with Crippen molar-refractivity contribution < 1.29 is 9.53 Å². The molecule has 0 fully saturated rings. The Kier molecular flexibility index (Phi) is 4.82. The highest BCUT2D eigenvalue weighted by Crippen LogP contribution is 2.41. The van der Waals surface area contributed by atoms with Crippen molar-refractivity contribution >= 4 is 5.97 Å². The number of carbonyl (C=O) groups is 1. The Morgan fingerprint density at radius 1 is 1.27 bits per heavy atom. The lowest BCUT2D eigenvalue weighted by molar-refractivity contribution is -0.157. The van der Waals surface area contributed by atoms with E-state index in [0.29, 0.717) is 5.92 Å². The van der Waals surface area contributed by atoms with Crippen molar-refractivity contribution in [3.05, 3.63) is 0 Å². The van der Waals surface area contributed by atoms with Gasteiger partial charge in [0.2, 0.25) is 0 Å². The molecule has 2 nitrogen and oxygen atoms in total. The van der Waals surface area contributed by atoms with E-state index in [1.165, 1.54) is 7.11 Å². The SMILES string of the molecule is CCC(C)C(C)(CC(C)(C)C)C(=O)OC. The minimum Gasteiger partial charge on any atom is -0.469 e. The van der Waals surface area contributed by atoms with Crippen LogP contribution in [-0.4, -0.2) is 13.1 Å². The fraction of sp³-hybridized carbons (Fsp3) is 0.923. The monoisotopic (exact) mass is 214 g/mol. The van der Waals surface area contributed by atoms with Crippen molar-refractivity contribution in [2.24, 2.45) is 16.7 Å². The van der Waals surface area contributed by atoms with E-state index < -0.39 is 0 Å². The molecule has 0 aliphatic carbocycles. The molecule has 0 saturated heterocycles. The summed E-state index contributed by atoms with van der Waals surface area (Å²) < 4.78 is 4.95. The molecule has 2 heteroatoms. The molecule has 0 heterocycles. The Labute approximate surface area is 94.4 Å². The van der Waals surface area contributed by atoms with Crippen LogP contribution in [0.2, 0.25) is 0 Å².